The lowest BCUT2D eigenvalue weighted by Gasteiger charge is -2.56. The van der Waals surface area contributed by atoms with Gasteiger partial charge in [-0.3, -0.25) is 4.79 Å². The molecule has 0 aliphatic heterocycles. The number of aliphatic hydroxyl groups excluding tert-OH is 1. The van der Waals surface area contributed by atoms with Gasteiger partial charge in [0, 0.05) is 11.3 Å². The van der Waals surface area contributed by atoms with Crippen LogP contribution in [-0.4, -0.2) is 29.5 Å². The van der Waals surface area contributed by atoms with E-state index in [0.29, 0.717) is 36.0 Å². The number of aliphatic hydroxyl groups is 1. The molecule has 0 spiro atoms. The number of ketones is 1. The normalized spacial score (nSPS) is 39.0. The predicted molar refractivity (Wildman–Crippen MR) is 133 cm³/mol. The van der Waals surface area contributed by atoms with Gasteiger partial charge in [0.05, 0.1) is 12.7 Å². The minimum absolute atomic E-state index is 0.172. The zero-order valence-electron chi connectivity index (χ0n) is 20.0. The zero-order valence-corrected chi connectivity index (χ0v) is 20.7. The van der Waals surface area contributed by atoms with Crippen molar-refractivity contribution in [2.24, 2.45) is 28.6 Å². The summed E-state index contributed by atoms with van der Waals surface area (Å²) in [5.41, 5.74) is 3.53. The first kappa shape index (κ1) is 23.2. The standard InChI is InChI=1S/C29H37ClO3/c1-28-12-10-22(31)18-21(28)6-9-24-25(28)11-13-29(2)26(24)17-20(27(29)32)16-19-4-7-23(8-5-19)33-15-3-14-30/h4-8,16,22,24-26,31H,3,9-15,17-18H2,1-2H3/b20-16+/t22-,24+,25-,26-,28-,29-/m0/s1. The highest BCUT2D eigenvalue weighted by molar-refractivity contribution is 6.17. The molecule has 0 bridgehead atoms. The highest BCUT2D eigenvalue weighted by Gasteiger charge is 2.59. The lowest BCUT2D eigenvalue weighted by molar-refractivity contribution is -0.130. The molecule has 3 nitrogen and oxygen atoms in total. The summed E-state index contributed by atoms with van der Waals surface area (Å²) in [5.74, 6) is 3.45. The largest absolute Gasteiger partial charge is 0.494 e. The molecule has 0 saturated heterocycles. The third-order valence-corrected chi connectivity index (χ3v) is 9.75. The molecule has 0 aromatic heterocycles. The van der Waals surface area contributed by atoms with Gasteiger partial charge < -0.3 is 9.84 Å². The number of Topliss-reactive ketones (excluding diaryl/α,β-unsaturated/α-hetero) is 1. The molecular formula is C29H37ClO3. The Morgan fingerprint density at radius 2 is 1.85 bits per heavy atom. The van der Waals surface area contributed by atoms with Crippen LogP contribution in [0.25, 0.3) is 6.08 Å². The Bertz CT molecular complexity index is 964. The molecule has 5 rings (SSSR count). The zero-order chi connectivity index (χ0) is 23.2. The molecule has 33 heavy (non-hydrogen) atoms. The second kappa shape index (κ2) is 8.89. The average Bonchev–Trinajstić information content (AvgIpc) is 3.06. The number of benzene rings is 1. The van der Waals surface area contributed by atoms with Crippen LogP contribution in [0.2, 0.25) is 0 Å². The third kappa shape index (κ3) is 4.00. The first-order chi connectivity index (χ1) is 15.8. The molecule has 4 aliphatic rings. The van der Waals surface area contributed by atoms with E-state index in [1.165, 1.54) is 5.57 Å². The van der Waals surface area contributed by atoms with Crippen LogP contribution < -0.4 is 4.74 Å². The van der Waals surface area contributed by atoms with E-state index < -0.39 is 0 Å². The highest BCUT2D eigenvalue weighted by Crippen LogP contribution is 2.64. The quantitative estimate of drug-likeness (QED) is 0.230. The molecule has 4 aliphatic carbocycles. The second-order valence-electron chi connectivity index (χ2n) is 11.3. The molecule has 1 N–H and O–H groups in total. The SMILES string of the molecule is C[C@]12CC[C@H](O)CC1=CC[C@@H]1[C@@H]2CC[C@]2(C)C(=O)/C(=C/c3ccc(OCCCCl)cc3)C[C@@H]12. The van der Waals surface area contributed by atoms with Crippen LogP contribution in [-0.2, 0) is 4.79 Å². The summed E-state index contributed by atoms with van der Waals surface area (Å²) in [6, 6.07) is 8.06. The van der Waals surface area contributed by atoms with Crippen molar-refractivity contribution < 1.29 is 14.6 Å². The minimum atomic E-state index is -0.229. The first-order valence-electron chi connectivity index (χ1n) is 12.8. The van der Waals surface area contributed by atoms with Crippen molar-refractivity contribution in [1.29, 1.82) is 0 Å². The van der Waals surface area contributed by atoms with Gasteiger partial charge >= 0.3 is 0 Å². The van der Waals surface area contributed by atoms with Crippen molar-refractivity contribution in [2.45, 2.75) is 71.3 Å². The van der Waals surface area contributed by atoms with E-state index in [9.17, 15) is 9.90 Å². The number of fused-ring (bicyclic) bond motifs is 5. The summed E-state index contributed by atoms with van der Waals surface area (Å²) in [7, 11) is 0. The van der Waals surface area contributed by atoms with E-state index in [0.717, 1.165) is 68.3 Å². The summed E-state index contributed by atoms with van der Waals surface area (Å²) in [5, 5.41) is 10.2. The molecule has 0 unspecified atom stereocenters. The van der Waals surface area contributed by atoms with E-state index >= 15 is 0 Å². The lowest BCUT2D eigenvalue weighted by atomic mass is 9.48. The maximum Gasteiger partial charge on any atom is 0.165 e. The highest BCUT2D eigenvalue weighted by atomic mass is 35.5. The second-order valence-corrected chi connectivity index (χ2v) is 11.7. The summed E-state index contributed by atoms with van der Waals surface area (Å²) >= 11 is 5.72. The summed E-state index contributed by atoms with van der Waals surface area (Å²) in [6.07, 6.45) is 12.1. The summed E-state index contributed by atoms with van der Waals surface area (Å²) in [4.78, 5) is 13.6. The van der Waals surface area contributed by atoms with Gasteiger partial charge in [-0.1, -0.05) is 37.6 Å². The number of rotatable bonds is 5. The van der Waals surface area contributed by atoms with Crippen molar-refractivity contribution in [2.75, 3.05) is 12.5 Å². The molecule has 178 valence electrons. The van der Waals surface area contributed by atoms with Gasteiger partial charge in [0.15, 0.2) is 5.78 Å². The van der Waals surface area contributed by atoms with E-state index in [1.807, 2.05) is 24.3 Å². The molecule has 0 heterocycles. The molecule has 0 radical (unpaired) electrons. The fraction of sp³-hybridized carbons (Fsp3) is 0.621. The van der Waals surface area contributed by atoms with Crippen LogP contribution in [0.3, 0.4) is 0 Å². The Morgan fingerprint density at radius 1 is 1.09 bits per heavy atom. The predicted octanol–water partition coefficient (Wildman–Crippen LogP) is 6.58. The Hall–Kier alpha value is -1.58. The van der Waals surface area contributed by atoms with Crippen LogP contribution >= 0.6 is 11.6 Å². The summed E-state index contributed by atoms with van der Waals surface area (Å²) < 4.78 is 5.71. The molecule has 3 saturated carbocycles. The van der Waals surface area contributed by atoms with Crippen LogP contribution in [0.1, 0.15) is 70.8 Å². The molecule has 0 amide bonds. The van der Waals surface area contributed by atoms with Crippen LogP contribution in [0.4, 0.5) is 0 Å². The van der Waals surface area contributed by atoms with Gasteiger partial charge in [-0.2, -0.15) is 0 Å². The molecule has 4 heteroatoms. The molecule has 1 aromatic rings. The van der Waals surface area contributed by atoms with E-state index in [1.54, 1.807) is 0 Å². The van der Waals surface area contributed by atoms with Crippen molar-refractivity contribution in [3.8, 4) is 5.75 Å². The number of carbonyl (C=O) groups excluding carboxylic acids is 1. The van der Waals surface area contributed by atoms with Gasteiger partial charge in [-0.05, 0) is 104 Å². The minimum Gasteiger partial charge on any atom is -0.494 e. The van der Waals surface area contributed by atoms with Gasteiger partial charge in [0.25, 0.3) is 0 Å². The molecule has 6 atom stereocenters. The van der Waals surface area contributed by atoms with E-state index in [4.69, 9.17) is 16.3 Å². The van der Waals surface area contributed by atoms with Gasteiger partial charge in [0.2, 0.25) is 0 Å². The van der Waals surface area contributed by atoms with Crippen molar-refractivity contribution in [3.05, 3.63) is 47.1 Å². The van der Waals surface area contributed by atoms with Crippen LogP contribution in [0.5, 0.6) is 5.75 Å². The van der Waals surface area contributed by atoms with E-state index in [2.05, 4.69) is 26.0 Å². The number of hydrogen-bond donors (Lipinski definition) is 1. The lowest BCUT2D eigenvalue weighted by Crippen LogP contribution is -2.50. The first-order valence-corrected chi connectivity index (χ1v) is 13.3. The fourth-order valence-electron chi connectivity index (χ4n) is 7.55. The number of alkyl halides is 1. The maximum absolute atomic E-state index is 13.6. The van der Waals surface area contributed by atoms with Crippen molar-refractivity contribution in [3.63, 3.8) is 0 Å². The Labute approximate surface area is 203 Å². The fourth-order valence-corrected chi connectivity index (χ4v) is 7.66. The Kier molecular flexibility index (Phi) is 6.24. The van der Waals surface area contributed by atoms with Gasteiger partial charge in [-0.15, -0.1) is 11.6 Å². The van der Waals surface area contributed by atoms with Crippen LogP contribution in [0.15, 0.2) is 41.5 Å². The number of allylic oxidation sites excluding steroid dienone is 2. The van der Waals surface area contributed by atoms with Crippen molar-refractivity contribution in [1.82, 2.24) is 0 Å². The van der Waals surface area contributed by atoms with Gasteiger partial charge in [-0.25, -0.2) is 0 Å². The van der Waals surface area contributed by atoms with Gasteiger partial charge in [0.1, 0.15) is 5.75 Å². The number of halogens is 1. The number of ether oxygens (including phenoxy) is 1. The molecule has 3 fully saturated rings. The Morgan fingerprint density at radius 3 is 2.61 bits per heavy atom. The molecular weight excluding hydrogens is 432 g/mol. The topological polar surface area (TPSA) is 46.5 Å². The maximum atomic E-state index is 13.6. The summed E-state index contributed by atoms with van der Waals surface area (Å²) in [6.45, 7) is 5.30. The smallest absolute Gasteiger partial charge is 0.165 e. The molecule has 1 aromatic carbocycles. The van der Waals surface area contributed by atoms with Crippen molar-refractivity contribution >= 4 is 23.5 Å². The van der Waals surface area contributed by atoms with Crippen LogP contribution in [0, 0.1) is 28.6 Å². The Balaban J connectivity index is 1.36. The third-order valence-electron chi connectivity index (χ3n) is 9.49. The monoisotopic (exact) mass is 468 g/mol. The van der Waals surface area contributed by atoms with E-state index in [-0.39, 0.29) is 16.9 Å². The number of carbonyl (C=O) groups is 1. The average molecular weight is 469 g/mol. The number of hydrogen-bond acceptors (Lipinski definition) is 3.